The molecule has 4 saturated carbocycles. The van der Waals surface area contributed by atoms with E-state index in [1.54, 1.807) is 7.11 Å². The third kappa shape index (κ3) is 2.20. The Kier molecular flexibility index (Phi) is 3.98. The molecule has 0 aliphatic heterocycles. The highest BCUT2D eigenvalue weighted by atomic mass is 17.1. The maximum Gasteiger partial charge on any atom is 0.226 e. The molecule has 2 unspecified atom stereocenters. The Bertz CT molecular complexity index is 392. The van der Waals surface area contributed by atoms with E-state index in [9.17, 15) is 10.1 Å². The van der Waals surface area contributed by atoms with Crippen molar-refractivity contribution in [1.82, 2.24) is 5.32 Å². The lowest BCUT2D eigenvalue weighted by molar-refractivity contribution is -0.455. The summed E-state index contributed by atoms with van der Waals surface area (Å²) in [5, 5.41) is 12.4. The van der Waals surface area contributed by atoms with Gasteiger partial charge in [0.05, 0.1) is 5.41 Å². The van der Waals surface area contributed by atoms with Gasteiger partial charge in [-0.25, -0.2) is 10.1 Å². The van der Waals surface area contributed by atoms with E-state index in [1.807, 2.05) is 0 Å². The molecule has 6 heteroatoms. The fourth-order valence-corrected chi connectivity index (χ4v) is 5.22. The normalized spacial score (nSPS) is 44.0. The van der Waals surface area contributed by atoms with Gasteiger partial charge >= 0.3 is 0 Å². The summed E-state index contributed by atoms with van der Waals surface area (Å²) in [6.45, 7) is 1.23. The predicted octanol–water partition coefficient (Wildman–Crippen LogP) is 1.11. The number of amides is 1. The van der Waals surface area contributed by atoms with Crippen LogP contribution in [0.3, 0.4) is 0 Å². The van der Waals surface area contributed by atoms with Crippen molar-refractivity contribution >= 4 is 5.91 Å². The smallest absolute Gasteiger partial charge is 0.226 e. The zero-order valence-corrected chi connectivity index (χ0v) is 12.6. The molecule has 6 nitrogen and oxygen atoms in total. The summed E-state index contributed by atoms with van der Waals surface area (Å²) in [6, 6.07) is 0. The minimum absolute atomic E-state index is 0.0963. The Balaban J connectivity index is 1.77. The summed E-state index contributed by atoms with van der Waals surface area (Å²) in [4.78, 5) is 17.5. The Labute approximate surface area is 125 Å². The van der Waals surface area contributed by atoms with Gasteiger partial charge in [-0.15, -0.1) is 0 Å². The van der Waals surface area contributed by atoms with Gasteiger partial charge in [0, 0.05) is 25.5 Å². The van der Waals surface area contributed by atoms with Crippen LogP contribution in [0.1, 0.15) is 38.5 Å². The summed E-state index contributed by atoms with van der Waals surface area (Å²) in [5.41, 5.74) is 5.18. The van der Waals surface area contributed by atoms with Gasteiger partial charge in [0.15, 0.2) is 0 Å². The molecule has 4 fully saturated rings. The van der Waals surface area contributed by atoms with E-state index < -0.39 is 5.79 Å². The first kappa shape index (κ1) is 15.2. The number of nitrogens with one attached hydrogen (secondary N) is 1. The molecule has 0 heterocycles. The molecule has 0 radical (unpaired) electrons. The molecular formula is C15H26N2O4. The summed E-state index contributed by atoms with van der Waals surface area (Å²) in [7, 11) is 1.59. The first-order valence-corrected chi connectivity index (χ1v) is 7.96. The molecule has 0 aromatic rings. The molecular weight excluding hydrogens is 272 g/mol. The lowest BCUT2D eigenvalue weighted by Gasteiger charge is -2.62. The molecule has 21 heavy (non-hydrogen) atoms. The van der Waals surface area contributed by atoms with E-state index in [-0.39, 0.29) is 23.2 Å². The van der Waals surface area contributed by atoms with Crippen LogP contribution in [0.5, 0.6) is 0 Å². The number of methoxy groups -OCH3 is 1. The third-order valence-corrected chi connectivity index (χ3v) is 5.94. The third-order valence-electron chi connectivity index (χ3n) is 5.94. The topological polar surface area (TPSA) is 93.8 Å². The van der Waals surface area contributed by atoms with E-state index in [4.69, 9.17) is 15.4 Å². The second kappa shape index (κ2) is 5.50. The van der Waals surface area contributed by atoms with Gasteiger partial charge in [0.2, 0.25) is 11.7 Å². The largest absolute Gasteiger partial charge is 0.356 e. The van der Waals surface area contributed by atoms with Crippen LogP contribution in [0.15, 0.2) is 0 Å². The maximum atomic E-state index is 12.7. The Morgan fingerprint density at radius 1 is 1.33 bits per heavy atom. The molecule has 4 N–H and O–H groups in total. The highest BCUT2D eigenvalue weighted by Crippen LogP contribution is 2.64. The molecule has 4 bridgehead atoms. The van der Waals surface area contributed by atoms with Crippen LogP contribution in [-0.4, -0.2) is 37.2 Å². The van der Waals surface area contributed by atoms with E-state index in [0.29, 0.717) is 19.0 Å². The van der Waals surface area contributed by atoms with E-state index in [2.05, 4.69) is 5.32 Å². The Morgan fingerprint density at radius 2 is 2.00 bits per heavy atom. The molecule has 2 atom stereocenters. The van der Waals surface area contributed by atoms with Crippen LogP contribution in [-0.2, 0) is 14.4 Å². The summed E-state index contributed by atoms with van der Waals surface area (Å²) in [5.74, 6) is -0.0185. The molecule has 0 saturated heterocycles. The van der Waals surface area contributed by atoms with Crippen molar-refractivity contribution in [2.75, 3.05) is 20.2 Å². The van der Waals surface area contributed by atoms with Crippen LogP contribution in [0.2, 0.25) is 0 Å². The molecule has 120 valence electrons. The number of rotatable bonds is 6. The first-order chi connectivity index (χ1) is 10.1. The molecule has 0 aromatic carbocycles. The van der Waals surface area contributed by atoms with E-state index >= 15 is 0 Å². The summed E-state index contributed by atoms with van der Waals surface area (Å²) >= 11 is 0. The molecule has 1 amide bonds. The van der Waals surface area contributed by atoms with Crippen molar-refractivity contribution in [3.05, 3.63) is 0 Å². The van der Waals surface area contributed by atoms with Crippen molar-refractivity contribution in [2.24, 2.45) is 28.9 Å². The average molecular weight is 298 g/mol. The highest BCUT2D eigenvalue weighted by molar-refractivity contribution is 5.83. The van der Waals surface area contributed by atoms with Gasteiger partial charge in [-0.2, -0.15) is 0 Å². The number of carbonyl (C=O) groups is 1. The minimum Gasteiger partial charge on any atom is -0.356 e. The Hall–Kier alpha value is -0.690. The van der Waals surface area contributed by atoms with Crippen molar-refractivity contribution < 1.29 is 19.7 Å². The standard InChI is InChI=1S/C15H26N2O4/c1-20-15(21-19)11-5-10-6-12(15)9-14(7-10,8-11)13(18)17-4-2-3-16/h10-12,19H,2-9,16H2,1H3,(H,17,18). The molecule has 4 aliphatic carbocycles. The SMILES string of the molecule is COC1(OO)C2CC3CC1CC(C(=O)NCCCN)(C3)C2. The van der Waals surface area contributed by atoms with Crippen LogP contribution in [0.4, 0.5) is 0 Å². The van der Waals surface area contributed by atoms with E-state index in [0.717, 1.165) is 38.5 Å². The number of ether oxygens (including phenoxy) is 1. The Morgan fingerprint density at radius 3 is 2.52 bits per heavy atom. The maximum absolute atomic E-state index is 12.7. The molecule has 0 spiro atoms. The first-order valence-electron chi connectivity index (χ1n) is 7.96. The number of hydrogen-bond acceptors (Lipinski definition) is 5. The summed E-state index contributed by atoms with van der Waals surface area (Å²) < 4.78 is 5.57. The highest BCUT2D eigenvalue weighted by Gasteiger charge is 2.66. The summed E-state index contributed by atoms with van der Waals surface area (Å²) in [6.07, 6.45) is 5.19. The second-order valence-electron chi connectivity index (χ2n) is 7.04. The van der Waals surface area contributed by atoms with Crippen LogP contribution in [0.25, 0.3) is 0 Å². The molecule has 4 rings (SSSR count). The number of nitrogens with two attached hydrogens (primary N) is 1. The quantitative estimate of drug-likeness (QED) is 0.295. The lowest BCUT2D eigenvalue weighted by atomic mass is 9.47. The van der Waals surface area contributed by atoms with Gasteiger partial charge in [0.25, 0.3) is 0 Å². The fourth-order valence-electron chi connectivity index (χ4n) is 5.22. The molecule has 0 aromatic heterocycles. The fraction of sp³-hybridized carbons (Fsp3) is 0.933. The zero-order valence-electron chi connectivity index (χ0n) is 12.6. The average Bonchev–Trinajstić information content (AvgIpc) is 2.48. The van der Waals surface area contributed by atoms with Gasteiger partial charge in [-0.3, -0.25) is 4.79 Å². The monoisotopic (exact) mass is 298 g/mol. The van der Waals surface area contributed by atoms with Crippen molar-refractivity contribution in [3.63, 3.8) is 0 Å². The number of hydrogen-bond donors (Lipinski definition) is 3. The zero-order chi connectivity index (χ0) is 15.1. The van der Waals surface area contributed by atoms with Gasteiger partial charge in [-0.1, -0.05) is 0 Å². The minimum atomic E-state index is -0.905. The predicted molar refractivity (Wildman–Crippen MR) is 76.1 cm³/mol. The second-order valence-corrected chi connectivity index (χ2v) is 7.04. The van der Waals surface area contributed by atoms with Gasteiger partial charge in [0.1, 0.15) is 0 Å². The van der Waals surface area contributed by atoms with Crippen LogP contribution in [0, 0.1) is 23.2 Å². The number of carbonyl (C=O) groups excluding carboxylic acids is 1. The van der Waals surface area contributed by atoms with Gasteiger partial charge < -0.3 is 15.8 Å². The van der Waals surface area contributed by atoms with Crippen molar-refractivity contribution in [3.8, 4) is 0 Å². The van der Waals surface area contributed by atoms with Crippen molar-refractivity contribution in [1.29, 1.82) is 0 Å². The van der Waals surface area contributed by atoms with E-state index in [1.165, 1.54) is 0 Å². The lowest BCUT2D eigenvalue weighted by Crippen LogP contribution is -2.65. The van der Waals surface area contributed by atoms with Gasteiger partial charge in [-0.05, 0) is 51.0 Å². The van der Waals surface area contributed by atoms with Crippen LogP contribution >= 0.6 is 0 Å². The van der Waals surface area contributed by atoms with Crippen molar-refractivity contribution in [2.45, 2.75) is 44.3 Å². The van der Waals surface area contributed by atoms with Crippen LogP contribution < -0.4 is 11.1 Å². The molecule has 4 aliphatic rings.